The minimum Gasteiger partial charge on any atom is -0.681 e. The summed E-state index contributed by atoms with van der Waals surface area (Å²) in [6.07, 6.45) is 22.8. The largest absolute Gasteiger partial charge is 2.00 e. The van der Waals surface area contributed by atoms with E-state index in [1.807, 2.05) is 25.2 Å². The first-order valence-electron chi connectivity index (χ1n) is 24.2. The first-order chi connectivity index (χ1) is 30.6. The molecule has 10 heteroatoms. The molecule has 0 spiro atoms. The number of nitrogens with zero attached hydrogens (tertiary/aromatic N) is 3. The van der Waals surface area contributed by atoms with Crippen LogP contribution in [0.4, 0.5) is 0 Å². The van der Waals surface area contributed by atoms with Gasteiger partial charge in [-0.3, -0.25) is 9.59 Å². The smallest absolute Gasteiger partial charge is 0.681 e. The number of hydrogen-bond acceptors (Lipinski definition) is 5. The minimum absolute atomic E-state index is 0. The number of ether oxygens (including phenoxy) is 2. The molecule has 1 aliphatic carbocycles. The number of H-pyrrole nitrogens is 1. The number of esters is 2. The van der Waals surface area contributed by atoms with Crippen molar-refractivity contribution in [2.75, 3.05) is 13.7 Å². The monoisotopic (exact) mass is 896 g/mol. The van der Waals surface area contributed by atoms with Gasteiger partial charge < -0.3 is 34.8 Å². The van der Waals surface area contributed by atoms with Crippen LogP contribution < -0.4 is 31.2 Å². The van der Waals surface area contributed by atoms with Gasteiger partial charge in [0.15, 0.2) is 0 Å². The summed E-state index contributed by atoms with van der Waals surface area (Å²) in [5.41, 5.74) is 10.2. The van der Waals surface area contributed by atoms with Crippen molar-refractivity contribution in [2.45, 2.75) is 152 Å². The molecule has 0 saturated carbocycles. The maximum absolute atomic E-state index is 13.6. The van der Waals surface area contributed by atoms with Crippen LogP contribution >= 0.6 is 0 Å². The molecular formula is C55H75MgN4O5-. The van der Waals surface area contributed by atoms with Crippen molar-refractivity contribution in [1.29, 1.82) is 0 Å². The number of carbonyl (C=O) groups is 2. The van der Waals surface area contributed by atoms with Gasteiger partial charge in [-0.05, 0) is 94.6 Å². The van der Waals surface area contributed by atoms with Crippen molar-refractivity contribution in [3.8, 4) is 0 Å². The van der Waals surface area contributed by atoms with Gasteiger partial charge in [0, 0.05) is 28.6 Å². The second kappa shape index (κ2) is 23.0. The van der Waals surface area contributed by atoms with E-state index in [1.54, 1.807) is 0 Å². The fraction of sp³-hybridized carbons (Fsp3) is 0.564. The number of aromatic nitrogens is 3. The van der Waals surface area contributed by atoms with Crippen LogP contribution in [0.25, 0.3) is 41.0 Å². The van der Waals surface area contributed by atoms with Gasteiger partial charge >= 0.3 is 35.0 Å². The average molecular weight is 897 g/mol. The maximum atomic E-state index is 13.6. The second-order valence-electron chi connectivity index (χ2n) is 19.7. The summed E-state index contributed by atoms with van der Waals surface area (Å²) in [4.78, 5) is 41.0. The number of aliphatic hydroxyl groups is 1. The van der Waals surface area contributed by atoms with Crippen molar-refractivity contribution in [1.82, 2.24) is 15.0 Å². The second-order valence-corrected chi connectivity index (χ2v) is 19.7. The third-order valence-electron chi connectivity index (χ3n) is 14.6. The number of carbonyl (C=O) groups excluding carboxylic acids is 2. The number of methoxy groups -OCH3 is 1. The van der Waals surface area contributed by atoms with E-state index in [2.05, 4.69) is 86.0 Å². The van der Waals surface area contributed by atoms with E-state index in [4.69, 9.17) is 24.8 Å². The van der Waals surface area contributed by atoms with Crippen molar-refractivity contribution in [3.63, 3.8) is 0 Å². The summed E-state index contributed by atoms with van der Waals surface area (Å²) in [5.74, 6) is 0.0606. The van der Waals surface area contributed by atoms with Crippen molar-refractivity contribution >= 4 is 70.6 Å². The van der Waals surface area contributed by atoms with Gasteiger partial charge in [-0.2, -0.15) is 5.70 Å². The number of hydrogen-bond donors (Lipinski definition) is 2. The van der Waals surface area contributed by atoms with Crippen LogP contribution in [-0.4, -0.2) is 64.8 Å². The summed E-state index contributed by atoms with van der Waals surface area (Å²) in [7, 11) is 1.34. The van der Waals surface area contributed by atoms with E-state index < -0.39 is 17.9 Å². The minimum atomic E-state index is -1.06. The van der Waals surface area contributed by atoms with Crippen LogP contribution in [-0.2, 0) is 25.5 Å². The number of allylic oxidation sites excluding steroid dienone is 2. The zero-order chi connectivity index (χ0) is 46.4. The number of rotatable bonds is 20. The van der Waals surface area contributed by atoms with E-state index in [9.17, 15) is 14.7 Å². The molecule has 3 aliphatic rings. The van der Waals surface area contributed by atoms with E-state index in [1.165, 1.54) is 57.6 Å². The van der Waals surface area contributed by atoms with E-state index in [-0.39, 0.29) is 59.6 Å². The van der Waals surface area contributed by atoms with E-state index >= 15 is 0 Å². The number of nitrogens with one attached hydrogen (secondary N) is 1. The first kappa shape index (κ1) is 51.8. The van der Waals surface area contributed by atoms with Crippen molar-refractivity contribution < 1.29 is 24.2 Å². The molecule has 3 aromatic rings. The van der Waals surface area contributed by atoms with Gasteiger partial charge in [-0.25, -0.2) is 0 Å². The molecular weight excluding hydrogens is 821 g/mol. The number of fused-ring (bicyclic) bond motifs is 8. The standard InChI is InChI=1S/C55H75N4O5.Mg/c1-13-39-35(8)42-28-44-37(10)41(24-25-48(60)64-27-26-34(7)23-17-22-33(6)21-16-20-32(5)19-15-18-31(3)4)52(58-44)50-51(55(62)63-12)54(61)49-38(11)45(59-53(49)50)30-47-40(14-2)36(9)43(57-47)29-46(39)56-42;/h13,26,28-33,37,41,51-52,56,61H,1,14-25,27H2,2-12H3;/q-3;+2/b34-26+,43-29-,44-28-,47-30-;/t32-,33-,37+,41+,51-,52?;/m1./s1. The van der Waals surface area contributed by atoms with Crippen molar-refractivity contribution in [2.24, 2.45) is 35.5 Å². The quantitative estimate of drug-likeness (QED) is 0.0658. The topological polar surface area (TPSA) is 131 Å². The Morgan fingerprint density at radius 3 is 2.22 bits per heavy atom. The van der Waals surface area contributed by atoms with Gasteiger partial charge in [-0.15, -0.1) is 21.7 Å². The molecule has 9 nitrogen and oxygen atoms in total. The fourth-order valence-corrected chi connectivity index (χ4v) is 10.4. The Balaban J connectivity index is 0.00000793. The molecule has 0 radical (unpaired) electrons. The summed E-state index contributed by atoms with van der Waals surface area (Å²) in [6, 6.07) is -0.559. The summed E-state index contributed by atoms with van der Waals surface area (Å²) >= 11 is 0. The Kier molecular flexibility index (Phi) is 18.4. The molecule has 6 rings (SSSR count). The SMILES string of the molecule is C=Cc1c2[nH]c(c1C)/C=C1\[N-]C(C3=c4[n-]c(c(C)c4=C(O)[C@@H]3C(=O)OC)/C=c3\[n-]/c(c(C)c3CC)=C\2)[C@@H](CCC(=O)OC/C=C(\C)CCC[C@H](C)CCC[C@H](C)CCCC(C)C)[C@@H]1C.[Mg+2]. The molecule has 8 bridgehead atoms. The Hall–Kier alpha value is -4.15. The average Bonchev–Trinajstić information content (AvgIpc) is 3.99. The van der Waals surface area contributed by atoms with E-state index in [0.29, 0.717) is 28.3 Å². The normalized spacial score (nSPS) is 21.7. The maximum Gasteiger partial charge on any atom is 2.00 e. The first-order valence-corrected chi connectivity index (χ1v) is 24.2. The Morgan fingerprint density at radius 1 is 0.892 bits per heavy atom. The molecule has 348 valence electrons. The third kappa shape index (κ3) is 11.7. The zero-order valence-corrected chi connectivity index (χ0v) is 42.9. The Bertz CT molecular complexity index is 2510. The van der Waals surface area contributed by atoms with Crippen molar-refractivity contribution in [3.05, 3.63) is 95.4 Å². The number of aromatic amines is 1. The molecule has 1 unspecified atom stereocenters. The predicted octanol–water partition coefficient (Wildman–Crippen LogP) is 9.03. The summed E-state index contributed by atoms with van der Waals surface area (Å²) in [6.45, 7) is 26.3. The molecule has 65 heavy (non-hydrogen) atoms. The van der Waals surface area contributed by atoms with Crippen LogP contribution in [0.15, 0.2) is 23.9 Å². The fourth-order valence-electron chi connectivity index (χ4n) is 10.4. The molecule has 0 amide bonds. The van der Waals surface area contributed by atoms with Crippen LogP contribution in [0.3, 0.4) is 0 Å². The van der Waals surface area contributed by atoms with Crippen LogP contribution in [0, 0.1) is 56.3 Å². The van der Waals surface area contributed by atoms with Gasteiger partial charge in [0.25, 0.3) is 0 Å². The predicted molar refractivity (Wildman–Crippen MR) is 267 cm³/mol. The molecule has 0 aromatic carbocycles. The third-order valence-corrected chi connectivity index (χ3v) is 14.6. The van der Waals surface area contributed by atoms with Gasteiger partial charge in [0.2, 0.25) is 0 Å². The molecule has 1 fully saturated rings. The van der Waals surface area contributed by atoms with Crippen LogP contribution in [0.2, 0.25) is 0 Å². The molecule has 1 saturated heterocycles. The summed E-state index contributed by atoms with van der Waals surface area (Å²) in [5, 5.41) is 20.1. The Labute approximate surface area is 404 Å². The van der Waals surface area contributed by atoms with Crippen LogP contribution in [0.5, 0.6) is 0 Å². The van der Waals surface area contributed by atoms with Gasteiger partial charge in [0.05, 0.1) is 7.11 Å². The molecule has 3 aromatic heterocycles. The van der Waals surface area contributed by atoms with Gasteiger partial charge in [-0.1, -0.05) is 151 Å². The number of aliphatic hydroxyl groups excluding tert-OH is 1. The molecule has 6 atom stereocenters. The summed E-state index contributed by atoms with van der Waals surface area (Å²) < 4.78 is 11.1. The zero-order valence-electron chi connectivity index (χ0n) is 41.5. The molecule has 2 aliphatic heterocycles. The van der Waals surface area contributed by atoms with Crippen LogP contribution in [0.1, 0.15) is 164 Å². The molecule has 5 heterocycles. The molecule has 2 N–H and O–H groups in total. The van der Waals surface area contributed by atoms with Gasteiger partial charge in [0.1, 0.15) is 18.3 Å². The Morgan fingerprint density at radius 2 is 1.57 bits per heavy atom. The van der Waals surface area contributed by atoms with E-state index in [0.717, 1.165) is 92.6 Å².